The van der Waals surface area contributed by atoms with Gasteiger partial charge in [0.1, 0.15) is 0 Å². The molecule has 2 saturated heterocycles. The lowest BCUT2D eigenvalue weighted by Gasteiger charge is -2.23. The fraction of sp³-hybridized carbons (Fsp3) is 0.550. The Morgan fingerprint density at radius 2 is 1.66 bits per heavy atom. The maximum atomic E-state index is 12.6. The number of anilines is 2. The summed E-state index contributed by atoms with van der Waals surface area (Å²) in [7, 11) is -3.09. The zero-order valence-electron chi connectivity index (χ0n) is 16.9. The van der Waals surface area contributed by atoms with Gasteiger partial charge < -0.3 is 15.5 Å². The molecule has 158 valence electrons. The quantitative estimate of drug-likeness (QED) is 0.768. The third-order valence-corrected chi connectivity index (χ3v) is 7.02. The Kier molecular flexibility index (Phi) is 5.71. The van der Waals surface area contributed by atoms with Crippen molar-refractivity contribution in [3.05, 3.63) is 24.3 Å². The molecule has 1 aromatic carbocycles. The highest BCUT2D eigenvalue weighted by Gasteiger charge is 2.41. The van der Waals surface area contributed by atoms with Crippen LogP contribution in [0, 0.1) is 11.3 Å². The first kappa shape index (κ1) is 21.3. The fourth-order valence-corrected chi connectivity index (χ4v) is 5.21. The predicted molar refractivity (Wildman–Crippen MR) is 110 cm³/mol. The van der Waals surface area contributed by atoms with E-state index in [0.29, 0.717) is 17.8 Å². The molecule has 2 unspecified atom stereocenters. The summed E-state index contributed by atoms with van der Waals surface area (Å²) < 4.78 is 23.3. The minimum Gasteiger partial charge on any atom is -0.338 e. The summed E-state index contributed by atoms with van der Waals surface area (Å²) in [5, 5.41) is 5.61. The van der Waals surface area contributed by atoms with E-state index in [-0.39, 0.29) is 48.2 Å². The van der Waals surface area contributed by atoms with E-state index < -0.39 is 21.2 Å². The summed E-state index contributed by atoms with van der Waals surface area (Å²) >= 11 is 0. The molecule has 2 aliphatic rings. The van der Waals surface area contributed by atoms with E-state index in [9.17, 15) is 22.8 Å². The van der Waals surface area contributed by atoms with Crippen LogP contribution < -0.4 is 10.6 Å². The van der Waals surface area contributed by atoms with Gasteiger partial charge in [-0.2, -0.15) is 0 Å². The highest BCUT2D eigenvalue weighted by Crippen LogP contribution is 2.27. The van der Waals surface area contributed by atoms with E-state index in [1.54, 1.807) is 29.2 Å². The molecule has 0 saturated carbocycles. The Morgan fingerprint density at radius 3 is 2.17 bits per heavy atom. The summed E-state index contributed by atoms with van der Waals surface area (Å²) in [6.07, 6.45) is 0.520. The molecule has 0 radical (unpaired) electrons. The fourth-order valence-electron chi connectivity index (χ4n) is 3.48. The monoisotopic (exact) mass is 421 g/mol. The molecule has 2 aliphatic heterocycles. The highest BCUT2D eigenvalue weighted by atomic mass is 32.2. The van der Waals surface area contributed by atoms with Crippen LogP contribution in [0.5, 0.6) is 0 Å². The number of carbonyl (C=O) groups is 3. The first-order chi connectivity index (χ1) is 13.4. The van der Waals surface area contributed by atoms with Crippen molar-refractivity contribution >= 4 is 38.9 Å². The molecule has 3 amide bonds. The minimum atomic E-state index is -3.09. The number of hydrogen-bond acceptors (Lipinski definition) is 5. The number of rotatable bonds is 4. The Hall–Kier alpha value is -2.42. The predicted octanol–water partition coefficient (Wildman–Crippen LogP) is 1.65. The third kappa shape index (κ3) is 5.14. The zero-order valence-corrected chi connectivity index (χ0v) is 17.7. The largest absolute Gasteiger partial charge is 0.338 e. The molecular formula is C20H27N3O5S. The lowest BCUT2D eigenvalue weighted by Crippen LogP contribution is -2.38. The van der Waals surface area contributed by atoms with Crippen molar-refractivity contribution in [2.45, 2.75) is 39.7 Å². The number of likely N-dealkylation sites (tertiary alicyclic amines) is 1. The molecule has 29 heavy (non-hydrogen) atoms. The molecule has 1 aromatic rings. The number of nitrogens with one attached hydrogen (secondary N) is 2. The van der Waals surface area contributed by atoms with Crippen molar-refractivity contribution in [1.82, 2.24) is 4.90 Å². The van der Waals surface area contributed by atoms with Gasteiger partial charge in [-0.05, 0) is 30.7 Å². The Morgan fingerprint density at radius 1 is 1.07 bits per heavy atom. The van der Waals surface area contributed by atoms with E-state index in [0.717, 1.165) is 0 Å². The van der Waals surface area contributed by atoms with Crippen LogP contribution in [0.1, 0.15) is 33.6 Å². The van der Waals surface area contributed by atoms with Crippen molar-refractivity contribution in [2.75, 3.05) is 28.7 Å². The molecule has 3 rings (SSSR count). The summed E-state index contributed by atoms with van der Waals surface area (Å²) in [6.45, 7) is 5.71. The second kappa shape index (κ2) is 7.78. The van der Waals surface area contributed by atoms with Crippen molar-refractivity contribution < 1.29 is 22.8 Å². The number of carbonyl (C=O) groups excluding carboxylic acids is 3. The van der Waals surface area contributed by atoms with Gasteiger partial charge in [-0.25, -0.2) is 8.42 Å². The van der Waals surface area contributed by atoms with Crippen LogP contribution in [0.15, 0.2) is 24.3 Å². The molecule has 0 bridgehead atoms. The Bertz CT molecular complexity index is 918. The van der Waals surface area contributed by atoms with Crippen LogP contribution in [-0.4, -0.2) is 55.1 Å². The molecule has 0 spiro atoms. The van der Waals surface area contributed by atoms with Crippen molar-refractivity contribution in [3.63, 3.8) is 0 Å². The topological polar surface area (TPSA) is 113 Å². The molecule has 2 atom stereocenters. The van der Waals surface area contributed by atoms with Crippen molar-refractivity contribution in [1.29, 1.82) is 0 Å². The van der Waals surface area contributed by atoms with Crippen LogP contribution >= 0.6 is 0 Å². The number of amides is 3. The van der Waals surface area contributed by atoms with E-state index >= 15 is 0 Å². The normalized spacial score (nSPS) is 23.8. The summed E-state index contributed by atoms with van der Waals surface area (Å²) in [6, 6.07) is 6.46. The van der Waals surface area contributed by atoms with Crippen LogP contribution in [-0.2, 0) is 24.2 Å². The minimum absolute atomic E-state index is 0.0190. The number of sulfone groups is 1. The number of nitrogens with zero attached hydrogens (tertiary/aromatic N) is 1. The zero-order chi connectivity index (χ0) is 21.4. The molecular weight excluding hydrogens is 394 g/mol. The summed E-state index contributed by atoms with van der Waals surface area (Å²) in [5.74, 6) is -0.981. The average Bonchev–Trinajstić information content (AvgIpc) is 3.18. The van der Waals surface area contributed by atoms with Gasteiger partial charge in [0.15, 0.2) is 9.84 Å². The van der Waals surface area contributed by atoms with E-state index in [1.165, 1.54) is 0 Å². The maximum absolute atomic E-state index is 12.6. The van der Waals surface area contributed by atoms with Gasteiger partial charge in [0.05, 0.1) is 17.4 Å². The van der Waals surface area contributed by atoms with Gasteiger partial charge in [0.25, 0.3) is 0 Å². The van der Waals surface area contributed by atoms with Crippen LogP contribution in [0.4, 0.5) is 11.4 Å². The number of benzene rings is 1. The molecule has 2 fully saturated rings. The molecule has 0 aliphatic carbocycles. The SMILES string of the molecule is CC(C)(C)C(=O)Nc1ccc(NC(=O)C2CC(=O)N(C3CCS(=O)(=O)C3)C2)cc1. The summed E-state index contributed by atoms with van der Waals surface area (Å²) in [4.78, 5) is 38.4. The van der Waals surface area contributed by atoms with Gasteiger partial charge >= 0.3 is 0 Å². The van der Waals surface area contributed by atoms with E-state index in [2.05, 4.69) is 10.6 Å². The molecule has 2 heterocycles. The first-order valence-corrected chi connectivity index (χ1v) is 11.5. The van der Waals surface area contributed by atoms with Gasteiger partial charge in [-0.3, -0.25) is 14.4 Å². The molecule has 0 aromatic heterocycles. The summed E-state index contributed by atoms with van der Waals surface area (Å²) in [5.41, 5.74) is 0.692. The second-order valence-corrected chi connectivity index (χ2v) is 11.0. The van der Waals surface area contributed by atoms with Crippen LogP contribution in [0.2, 0.25) is 0 Å². The van der Waals surface area contributed by atoms with Crippen molar-refractivity contribution in [3.8, 4) is 0 Å². The van der Waals surface area contributed by atoms with E-state index in [1.807, 2.05) is 20.8 Å². The van der Waals surface area contributed by atoms with Gasteiger partial charge in [-0.15, -0.1) is 0 Å². The molecule has 9 heteroatoms. The molecule has 2 N–H and O–H groups in total. The van der Waals surface area contributed by atoms with Crippen LogP contribution in [0.25, 0.3) is 0 Å². The second-order valence-electron chi connectivity index (χ2n) is 8.77. The van der Waals surface area contributed by atoms with Crippen molar-refractivity contribution in [2.24, 2.45) is 11.3 Å². The van der Waals surface area contributed by atoms with E-state index in [4.69, 9.17) is 0 Å². The Balaban J connectivity index is 1.57. The van der Waals surface area contributed by atoms with Crippen LogP contribution in [0.3, 0.4) is 0 Å². The highest BCUT2D eigenvalue weighted by molar-refractivity contribution is 7.91. The van der Waals surface area contributed by atoms with Gasteiger partial charge in [-0.1, -0.05) is 20.8 Å². The van der Waals surface area contributed by atoms with Gasteiger partial charge in [0, 0.05) is 35.8 Å². The lowest BCUT2D eigenvalue weighted by atomic mass is 9.95. The third-order valence-electron chi connectivity index (χ3n) is 5.27. The first-order valence-electron chi connectivity index (χ1n) is 9.67. The lowest BCUT2D eigenvalue weighted by molar-refractivity contribution is -0.129. The molecule has 8 nitrogen and oxygen atoms in total. The van der Waals surface area contributed by atoms with Gasteiger partial charge in [0.2, 0.25) is 17.7 Å². The average molecular weight is 422 g/mol. The standard InChI is InChI=1S/C20H27N3O5S/c1-20(2,3)19(26)22-15-6-4-14(5-7-15)21-18(25)13-10-17(24)23(11-13)16-8-9-29(27,28)12-16/h4-7,13,16H,8-12H2,1-3H3,(H,21,25)(H,22,26). The number of hydrogen-bond donors (Lipinski definition) is 2. The smallest absolute Gasteiger partial charge is 0.229 e. The Labute approximate surface area is 170 Å². The maximum Gasteiger partial charge on any atom is 0.229 e.